The van der Waals surface area contributed by atoms with Crippen molar-refractivity contribution in [3.63, 3.8) is 0 Å². The van der Waals surface area contributed by atoms with E-state index in [1.54, 1.807) is 31.2 Å². The Bertz CT molecular complexity index is 1450. The number of hydrogen-bond acceptors (Lipinski definition) is 7. The van der Waals surface area contributed by atoms with Gasteiger partial charge in [-0.2, -0.15) is 0 Å². The highest BCUT2D eigenvalue weighted by atomic mass is 32.2. The molecule has 0 saturated carbocycles. The van der Waals surface area contributed by atoms with Crippen LogP contribution < -0.4 is 15.6 Å². The number of aryl methyl sites for hydroxylation is 1. The van der Waals surface area contributed by atoms with Crippen molar-refractivity contribution in [1.29, 1.82) is 0 Å². The van der Waals surface area contributed by atoms with Gasteiger partial charge >= 0.3 is 0 Å². The zero-order chi connectivity index (χ0) is 22.0. The van der Waals surface area contributed by atoms with Crippen molar-refractivity contribution in [3.8, 4) is 0 Å². The van der Waals surface area contributed by atoms with Gasteiger partial charge in [0.25, 0.3) is 21.5 Å². The number of benzene rings is 1. The minimum Gasteiger partial charge on any atom is -0.322 e. The number of nitrogens with zero attached hydrogens (tertiary/aromatic N) is 4. The summed E-state index contributed by atoms with van der Waals surface area (Å²) in [4.78, 5) is 37.0. The lowest BCUT2D eigenvalue weighted by Gasteiger charge is -2.09. The van der Waals surface area contributed by atoms with Gasteiger partial charge in [0.05, 0.1) is 4.90 Å². The number of aromatic nitrogens is 4. The Hall–Kier alpha value is -4.12. The highest BCUT2D eigenvalue weighted by Crippen LogP contribution is 2.17. The number of hydrogen-bond donors (Lipinski definition) is 2. The van der Waals surface area contributed by atoms with Gasteiger partial charge in [-0.3, -0.25) is 14.0 Å². The summed E-state index contributed by atoms with van der Waals surface area (Å²) in [5, 5.41) is 2.57. The minimum absolute atomic E-state index is 0.0388. The van der Waals surface area contributed by atoms with Crippen LogP contribution in [0.3, 0.4) is 0 Å². The molecular weight excluding hydrogens is 420 g/mol. The molecule has 0 bridgehead atoms. The molecule has 0 aliphatic heterocycles. The van der Waals surface area contributed by atoms with E-state index in [1.807, 2.05) is 0 Å². The van der Waals surface area contributed by atoms with E-state index in [4.69, 9.17) is 0 Å². The third-order valence-electron chi connectivity index (χ3n) is 4.30. The van der Waals surface area contributed by atoms with Crippen molar-refractivity contribution >= 4 is 33.2 Å². The summed E-state index contributed by atoms with van der Waals surface area (Å²) >= 11 is 0. The topological polar surface area (TPSA) is 135 Å². The van der Waals surface area contributed by atoms with Gasteiger partial charge in [-0.05, 0) is 49.4 Å². The van der Waals surface area contributed by atoms with E-state index in [1.165, 1.54) is 47.3 Å². The third kappa shape index (κ3) is 4.26. The fraction of sp³-hybridized carbons (Fsp3) is 0.0500. The summed E-state index contributed by atoms with van der Waals surface area (Å²) in [5.74, 6) is -0.695. The number of anilines is 2. The summed E-state index contributed by atoms with van der Waals surface area (Å²) in [7, 11) is -3.91. The Balaban J connectivity index is 1.53. The number of pyridine rings is 1. The summed E-state index contributed by atoms with van der Waals surface area (Å²) < 4.78 is 28.6. The van der Waals surface area contributed by atoms with Crippen molar-refractivity contribution in [2.24, 2.45) is 0 Å². The third-order valence-corrected chi connectivity index (χ3v) is 5.65. The molecule has 2 N–H and O–H groups in total. The average molecular weight is 436 g/mol. The molecule has 31 heavy (non-hydrogen) atoms. The predicted molar refractivity (Wildman–Crippen MR) is 113 cm³/mol. The molecule has 0 aliphatic rings. The van der Waals surface area contributed by atoms with Crippen molar-refractivity contribution in [2.75, 3.05) is 10.0 Å². The van der Waals surface area contributed by atoms with Crippen LogP contribution in [0.25, 0.3) is 5.65 Å². The van der Waals surface area contributed by atoms with E-state index in [2.05, 4.69) is 25.0 Å². The number of rotatable bonds is 5. The number of carbonyl (C=O) groups is 1. The van der Waals surface area contributed by atoms with Crippen molar-refractivity contribution in [3.05, 3.63) is 88.7 Å². The Morgan fingerprint density at radius 3 is 2.55 bits per heavy atom. The van der Waals surface area contributed by atoms with Gasteiger partial charge in [0.2, 0.25) is 5.95 Å². The first-order chi connectivity index (χ1) is 14.8. The number of amides is 1. The fourth-order valence-electron chi connectivity index (χ4n) is 2.78. The Kier molecular flexibility index (Phi) is 5.17. The van der Waals surface area contributed by atoms with Gasteiger partial charge in [-0.1, -0.05) is 6.07 Å². The minimum atomic E-state index is -3.91. The van der Waals surface area contributed by atoms with Crippen LogP contribution in [-0.4, -0.2) is 33.7 Å². The largest absolute Gasteiger partial charge is 0.322 e. The Labute approximate surface area is 176 Å². The lowest BCUT2D eigenvalue weighted by Crippen LogP contribution is -2.26. The molecule has 0 atom stereocenters. The molecule has 1 aromatic carbocycles. The maximum atomic E-state index is 12.5. The molecule has 156 valence electrons. The van der Waals surface area contributed by atoms with Gasteiger partial charge < -0.3 is 5.32 Å². The van der Waals surface area contributed by atoms with E-state index >= 15 is 0 Å². The highest BCUT2D eigenvalue weighted by molar-refractivity contribution is 7.92. The first kappa shape index (κ1) is 20.2. The smallest absolute Gasteiger partial charge is 0.270 e. The van der Waals surface area contributed by atoms with Crippen LogP contribution in [0.5, 0.6) is 0 Å². The molecular formula is C20H16N6O4S. The molecule has 0 unspecified atom stereocenters. The van der Waals surface area contributed by atoms with Crippen LogP contribution in [0.15, 0.2) is 76.8 Å². The van der Waals surface area contributed by atoms with Gasteiger partial charge in [-0.15, -0.1) is 0 Å². The number of nitrogens with one attached hydrogen (secondary N) is 2. The first-order valence-electron chi connectivity index (χ1n) is 9.04. The Morgan fingerprint density at radius 1 is 1.03 bits per heavy atom. The zero-order valence-electron chi connectivity index (χ0n) is 16.2. The summed E-state index contributed by atoms with van der Waals surface area (Å²) in [6.45, 7) is 1.72. The first-order valence-corrected chi connectivity index (χ1v) is 10.5. The maximum Gasteiger partial charge on any atom is 0.270 e. The van der Waals surface area contributed by atoms with Crippen LogP contribution in [0.1, 0.15) is 16.1 Å². The van der Waals surface area contributed by atoms with Gasteiger partial charge in [0.1, 0.15) is 11.2 Å². The fourth-order valence-corrected chi connectivity index (χ4v) is 3.73. The second kappa shape index (κ2) is 7.95. The molecule has 0 spiro atoms. The van der Waals surface area contributed by atoms with E-state index < -0.39 is 21.5 Å². The van der Waals surface area contributed by atoms with Crippen LogP contribution in [0.4, 0.5) is 11.6 Å². The molecule has 3 heterocycles. The van der Waals surface area contributed by atoms with Crippen LogP contribution in [-0.2, 0) is 10.0 Å². The second-order valence-corrected chi connectivity index (χ2v) is 8.19. The number of fused-ring (bicyclic) bond motifs is 1. The molecule has 0 saturated heterocycles. The molecule has 10 nitrogen and oxygen atoms in total. The molecule has 4 aromatic rings. The van der Waals surface area contributed by atoms with E-state index in [0.29, 0.717) is 17.0 Å². The van der Waals surface area contributed by atoms with E-state index in [-0.39, 0.29) is 16.4 Å². The van der Waals surface area contributed by atoms with Gasteiger partial charge in [-0.25, -0.2) is 28.1 Å². The Morgan fingerprint density at radius 2 is 1.81 bits per heavy atom. The SMILES string of the molecule is Cc1ccnc(NS(=O)(=O)c2ccc(NC(=O)c3cnc4ccccn4c3=O)cc2)n1. The summed E-state index contributed by atoms with van der Waals surface area (Å²) in [6, 6.07) is 12.2. The zero-order valence-corrected chi connectivity index (χ0v) is 17.0. The lowest BCUT2D eigenvalue weighted by atomic mass is 10.2. The van der Waals surface area contributed by atoms with Crippen LogP contribution in [0, 0.1) is 6.92 Å². The quantitative estimate of drug-likeness (QED) is 0.487. The molecule has 11 heteroatoms. The van der Waals surface area contributed by atoms with Crippen LogP contribution >= 0.6 is 0 Å². The number of sulfonamides is 1. The molecule has 1 amide bonds. The summed E-state index contributed by atoms with van der Waals surface area (Å²) in [6.07, 6.45) is 4.17. The van der Waals surface area contributed by atoms with Gasteiger partial charge in [0.15, 0.2) is 0 Å². The normalized spacial score (nSPS) is 11.3. The maximum absolute atomic E-state index is 12.5. The molecule has 3 aromatic heterocycles. The van der Waals surface area contributed by atoms with Crippen molar-refractivity contribution in [2.45, 2.75) is 11.8 Å². The molecule has 4 rings (SSSR count). The van der Waals surface area contributed by atoms with Crippen molar-refractivity contribution in [1.82, 2.24) is 19.4 Å². The highest BCUT2D eigenvalue weighted by Gasteiger charge is 2.17. The number of carbonyl (C=O) groups excluding carboxylic acids is 1. The summed E-state index contributed by atoms with van der Waals surface area (Å²) in [5.41, 5.74) is 0.699. The molecule has 0 fully saturated rings. The average Bonchev–Trinajstić information content (AvgIpc) is 2.74. The standard InChI is InChI=1S/C20H16N6O4S/c1-13-9-10-21-20(23-13)25-31(29,30)15-7-5-14(6-8-15)24-18(27)16-12-22-17-4-2-3-11-26(17)19(16)28/h2-12H,1H3,(H,24,27)(H,21,23,25). The van der Waals surface area contributed by atoms with Gasteiger partial charge in [0, 0.05) is 30.0 Å². The molecule has 0 radical (unpaired) electrons. The lowest BCUT2D eigenvalue weighted by molar-refractivity contribution is 0.102. The predicted octanol–water partition coefficient (Wildman–Crippen LogP) is 1.85. The van der Waals surface area contributed by atoms with E-state index in [9.17, 15) is 18.0 Å². The van der Waals surface area contributed by atoms with E-state index in [0.717, 1.165) is 0 Å². The second-order valence-electron chi connectivity index (χ2n) is 6.51. The monoisotopic (exact) mass is 436 g/mol. The van der Waals surface area contributed by atoms with Crippen LogP contribution in [0.2, 0.25) is 0 Å². The van der Waals surface area contributed by atoms with Crippen molar-refractivity contribution < 1.29 is 13.2 Å². The molecule has 0 aliphatic carbocycles.